The number of sulfonamides is 2. The molecule has 3 aliphatic rings. The number of ether oxygens (including phenoxy) is 2. The van der Waals surface area contributed by atoms with E-state index < -0.39 is 51.9 Å². The van der Waals surface area contributed by atoms with Crippen LogP contribution in [0.5, 0.6) is 0 Å². The summed E-state index contributed by atoms with van der Waals surface area (Å²) in [5, 5.41) is 3.36. The van der Waals surface area contributed by atoms with Crippen LogP contribution in [0, 0.1) is 0 Å². The topological polar surface area (TPSA) is 180 Å². The van der Waals surface area contributed by atoms with Gasteiger partial charge in [-0.15, -0.1) is 12.4 Å². The van der Waals surface area contributed by atoms with Crippen LogP contribution in [0.25, 0.3) is 0 Å². The molecule has 0 atom stereocenters. The molecular weight excluding hydrogens is 818 g/mol. The van der Waals surface area contributed by atoms with E-state index in [1.165, 1.54) is 16.8 Å². The Morgan fingerprint density at radius 1 is 0.691 bits per heavy atom. The summed E-state index contributed by atoms with van der Waals surface area (Å²) in [6.45, 7) is 29.1. The Morgan fingerprint density at radius 3 is 1.35 bits per heavy atom. The van der Waals surface area contributed by atoms with Gasteiger partial charge in [0.2, 0.25) is 29.1 Å². The van der Waals surface area contributed by atoms with Gasteiger partial charge in [-0.25, -0.2) is 34.8 Å². The molecule has 20 heteroatoms. The van der Waals surface area contributed by atoms with Crippen LogP contribution in [-0.2, 0) is 38.6 Å². The lowest BCUT2D eigenvalue weighted by Gasteiger charge is -2.45. The number of rotatable bonds is 2. The van der Waals surface area contributed by atoms with E-state index in [2.05, 4.69) is 29.8 Å². The number of carbonyl (C=O) groups is 2. The van der Waals surface area contributed by atoms with Crippen LogP contribution < -0.4 is 5.32 Å². The quantitative estimate of drug-likeness (QED) is 0.305. The molecule has 1 N–H and O–H groups in total. The molecule has 0 spiro atoms. The second kappa shape index (κ2) is 23.4. The molecule has 3 saturated heterocycles. The van der Waals surface area contributed by atoms with Gasteiger partial charge in [0.25, 0.3) is 0 Å². The second-order valence-electron chi connectivity index (χ2n) is 17.0. The molecule has 0 aromatic carbocycles. The normalized spacial score (nSPS) is 20.1. The zero-order valence-electron chi connectivity index (χ0n) is 36.7. The number of halogens is 2. The van der Waals surface area contributed by atoms with E-state index in [9.17, 15) is 34.8 Å². The zero-order chi connectivity index (χ0) is 43.4. The molecule has 3 rings (SSSR count). The third-order valence-corrected chi connectivity index (χ3v) is 10.5. The maximum atomic E-state index is 12.0. The Hall–Kier alpha value is -1.15. The van der Waals surface area contributed by atoms with Crippen LogP contribution in [0.15, 0.2) is 0 Å². The summed E-state index contributed by atoms with van der Waals surface area (Å²) in [7, 11) is -4.96. The van der Waals surface area contributed by atoms with Gasteiger partial charge in [-0.1, -0.05) is 27.7 Å². The third kappa shape index (κ3) is 27.2. The lowest BCUT2D eigenvalue weighted by atomic mass is 9.93. The molecule has 334 valence electrons. The largest absolute Gasteiger partial charge is 0.444 e. The van der Waals surface area contributed by atoms with E-state index >= 15 is 0 Å². The van der Waals surface area contributed by atoms with Crippen molar-refractivity contribution in [2.24, 2.45) is 0 Å². The van der Waals surface area contributed by atoms with Gasteiger partial charge < -0.3 is 24.6 Å². The first-order chi connectivity index (χ1) is 23.8. The van der Waals surface area contributed by atoms with E-state index in [1.54, 1.807) is 21.0 Å². The molecule has 0 aromatic heterocycles. The van der Waals surface area contributed by atoms with Crippen molar-refractivity contribution >= 4 is 64.4 Å². The van der Waals surface area contributed by atoms with Gasteiger partial charge in [0.15, 0.2) is 0 Å². The number of nitrogens with one attached hydrogen (secondary N) is 1. The number of piperidine rings is 1. The van der Waals surface area contributed by atoms with Crippen LogP contribution in [0.3, 0.4) is 0 Å². The highest BCUT2D eigenvalue weighted by Crippen LogP contribution is 2.29. The predicted octanol–water partition coefficient (Wildman–Crippen LogP) is 6.36. The van der Waals surface area contributed by atoms with Crippen LogP contribution in [-0.4, -0.2) is 148 Å². The maximum Gasteiger partial charge on any atom is 0.410 e. The number of carbonyl (C=O) groups excluding carboxylic acids is 2. The predicted molar refractivity (Wildman–Crippen MR) is 229 cm³/mol. The highest BCUT2D eigenvalue weighted by molar-refractivity contribution is 8.13. The van der Waals surface area contributed by atoms with Gasteiger partial charge in [0.05, 0.1) is 18.8 Å². The number of nitrogens with zero attached hydrogens (tertiary/aromatic N) is 4. The van der Waals surface area contributed by atoms with Crippen molar-refractivity contribution in [2.75, 3.05) is 64.6 Å². The molecule has 3 aliphatic heterocycles. The summed E-state index contributed by atoms with van der Waals surface area (Å²) in [5.41, 5.74) is -1.77. The van der Waals surface area contributed by atoms with Crippen molar-refractivity contribution < 1.29 is 45.7 Å². The first-order valence-electron chi connectivity index (χ1n) is 18.3. The Kier molecular flexibility index (Phi) is 24.8. The summed E-state index contributed by atoms with van der Waals surface area (Å²) in [5.74, 6) is 0. The van der Waals surface area contributed by atoms with Crippen molar-refractivity contribution in [2.45, 2.75) is 151 Å². The smallest absolute Gasteiger partial charge is 0.410 e. The lowest BCUT2D eigenvalue weighted by molar-refractivity contribution is 0.00358. The SMILES string of the molecule is C.CC(C)(C)OC(=O)N1CCN(S(C)(=O)=O)C(C)(C)C1.CC1(C)CCCCN1S(C)(=O)=O.CC1(C)CN(C(=O)OC(C)(C)C)CCN1.CS(=O)(=O)Cl.Cl.[2H]CC. The van der Waals surface area contributed by atoms with E-state index in [0.717, 1.165) is 38.6 Å². The number of amides is 2. The minimum Gasteiger partial charge on any atom is -0.444 e. The fourth-order valence-electron chi connectivity index (χ4n) is 5.72. The maximum absolute atomic E-state index is 12.0. The molecule has 3 fully saturated rings. The van der Waals surface area contributed by atoms with Crippen LogP contribution in [0.2, 0.25) is 0 Å². The summed E-state index contributed by atoms with van der Waals surface area (Å²) in [6.07, 6.45) is 5.91. The average molecular weight is 896 g/mol. The summed E-state index contributed by atoms with van der Waals surface area (Å²) in [6, 6.07) is 0. The van der Waals surface area contributed by atoms with Crippen molar-refractivity contribution in [3.05, 3.63) is 0 Å². The molecule has 3 heterocycles. The highest BCUT2D eigenvalue weighted by Gasteiger charge is 2.41. The molecular formula is C35H77Cl2N5O10S3. The van der Waals surface area contributed by atoms with Crippen molar-refractivity contribution in [3.63, 3.8) is 0 Å². The molecule has 0 unspecified atom stereocenters. The molecule has 0 aliphatic carbocycles. The first kappa shape index (κ1) is 58.2. The van der Waals surface area contributed by atoms with Gasteiger partial charge in [-0.05, 0) is 95.9 Å². The monoisotopic (exact) mass is 894 g/mol. The molecule has 2 amide bonds. The van der Waals surface area contributed by atoms with Gasteiger partial charge in [0, 0.05) is 74.5 Å². The Balaban J connectivity index is -0.000000330. The average Bonchev–Trinajstić information content (AvgIpc) is 2.88. The fourth-order valence-corrected chi connectivity index (χ4v) is 8.53. The van der Waals surface area contributed by atoms with Crippen LogP contribution in [0.4, 0.5) is 9.59 Å². The molecule has 15 nitrogen and oxygen atoms in total. The molecule has 55 heavy (non-hydrogen) atoms. The number of piperazine rings is 2. The van der Waals surface area contributed by atoms with Crippen LogP contribution >= 0.6 is 23.1 Å². The highest BCUT2D eigenvalue weighted by atomic mass is 35.7. The Labute approximate surface area is 348 Å². The number of hydrogen-bond donors (Lipinski definition) is 1. The standard InChI is InChI=1S/C12H24N2O4S.C11H22N2O2.C8H17NO2S.C2H6.CH3ClO2S.CH4.ClH/c1-11(2,3)18-10(15)13-7-8-14(19(6,16)17)12(4,5)9-13;1-10(2,3)15-9(14)13-7-6-12-11(4,5)8-13;1-8(2)6-4-5-7-9(8)12(3,10)11;1-2;1-5(2,3)4;;/h7-9H2,1-6H3;12H,6-8H2,1-5H3;4-7H2,1-3H3;1-2H3;1H3;1H4;1H/i;;;1D;;;. The van der Waals surface area contributed by atoms with E-state index in [-0.39, 0.29) is 37.0 Å². The Morgan fingerprint density at radius 2 is 1.05 bits per heavy atom. The molecule has 0 saturated carbocycles. The van der Waals surface area contributed by atoms with Gasteiger partial charge in [0.1, 0.15) is 11.2 Å². The van der Waals surface area contributed by atoms with Crippen molar-refractivity contribution in [1.29, 1.82) is 0 Å². The fraction of sp³-hybridized carbons (Fsp3) is 0.943. The van der Waals surface area contributed by atoms with Gasteiger partial charge in [-0.3, -0.25) is 0 Å². The second-order valence-corrected chi connectivity index (χ2v) is 23.9. The zero-order valence-corrected chi connectivity index (χ0v) is 39.7. The Bertz CT molecular complexity index is 1510. The minimum atomic E-state index is -3.26. The third-order valence-electron chi connectivity index (χ3n) is 7.58. The number of hydrogen-bond acceptors (Lipinski definition) is 11. The lowest BCUT2D eigenvalue weighted by Crippen LogP contribution is -2.62. The summed E-state index contributed by atoms with van der Waals surface area (Å²) < 4.78 is 84.7. The molecule has 0 bridgehead atoms. The van der Waals surface area contributed by atoms with Crippen LogP contribution in [0.1, 0.15) is 125 Å². The first-order valence-corrected chi connectivity index (χ1v) is 24.0. The summed E-state index contributed by atoms with van der Waals surface area (Å²) >= 11 is 0. The van der Waals surface area contributed by atoms with Crippen molar-refractivity contribution in [3.8, 4) is 0 Å². The van der Waals surface area contributed by atoms with E-state index in [4.69, 9.17) is 10.8 Å². The molecule has 0 radical (unpaired) electrons. The van der Waals surface area contributed by atoms with Gasteiger partial charge in [-0.2, -0.15) is 8.61 Å². The minimum absolute atomic E-state index is 0. The summed E-state index contributed by atoms with van der Waals surface area (Å²) in [4.78, 5) is 27.1. The van der Waals surface area contributed by atoms with Gasteiger partial charge >= 0.3 is 12.2 Å². The van der Waals surface area contributed by atoms with Crippen molar-refractivity contribution in [1.82, 2.24) is 23.7 Å². The van der Waals surface area contributed by atoms with E-state index in [0.29, 0.717) is 39.6 Å². The molecule has 0 aromatic rings. The van der Waals surface area contributed by atoms with E-state index in [1.807, 2.05) is 69.2 Å².